The standard InChI is InChI=1S/C19H26O3S.Na/c1-11(2)16-10-17(12(3)4)19(13(5)6)18-9-14(23(20,21)22)7-8-15(16)18;/h7-13H,1-6H3,(H,20,21,22);/q;+1/p-1. The second-order valence-electron chi connectivity index (χ2n) is 7.09. The van der Waals surface area contributed by atoms with E-state index in [1.54, 1.807) is 12.1 Å². The molecule has 0 fully saturated rings. The van der Waals surface area contributed by atoms with Gasteiger partial charge in [0, 0.05) is 0 Å². The van der Waals surface area contributed by atoms with Crippen molar-refractivity contribution in [2.45, 2.75) is 64.2 Å². The fourth-order valence-corrected chi connectivity index (χ4v) is 3.73. The zero-order valence-electron chi connectivity index (χ0n) is 15.7. The zero-order chi connectivity index (χ0) is 17.5. The Labute approximate surface area is 167 Å². The van der Waals surface area contributed by atoms with Crippen molar-refractivity contribution in [1.82, 2.24) is 0 Å². The summed E-state index contributed by atoms with van der Waals surface area (Å²) in [6.07, 6.45) is 0. The van der Waals surface area contributed by atoms with Crippen molar-refractivity contribution in [3.05, 3.63) is 41.0 Å². The maximum atomic E-state index is 11.4. The zero-order valence-corrected chi connectivity index (χ0v) is 18.5. The molecule has 0 spiro atoms. The monoisotopic (exact) mass is 356 g/mol. The summed E-state index contributed by atoms with van der Waals surface area (Å²) in [7, 11) is -4.45. The van der Waals surface area contributed by atoms with Gasteiger partial charge in [0.2, 0.25) is 0 Å². The quantitative estimate of drug-likeness (QED) is 0.623. The molecule has 0 aliphatic carbocycles. The van der Waals surface area contributed by atoms with Gasteiger partial charge in [0.15, 0.2) is 0 Å². The van der Waals surface area contributed by atoms with Crippen LogP contribution in [-0.2, 0) is 10.1 Å². The molecule has 3 nitrogen and oxygen atoms in total. The van der Waals surface area contributed by atoms with Gasteiger partial charge in [0.05, 0.1) is 4.90 Å². The molecule has 0 saturated carbocycles. The predicted octanol–water partition coefficient (Wildman–Crippen LogP) is 2.12. The molecule has 2 aromatic rings. The van der Waals surface area contributed by atoms with E-state index in [1.165, 1.54) is 17.2 Å². The number of hydrogen-bond acceptors (Lipinski definition) is 3. The third-order valence-corrected chi connectivity index (χ3v) is 5.16. The molecule has 0 heterocycles. The molecule has 0 saturated heterocycles. The van der Waals surface area contributed by atoms with Crippen molar-refractivity contribution in [3.8, 4) is 0 Å². The molecule has 2 rings (SSSR count). The maximum Gasteiger partial charge on any atom is 1.00 e. The number of rotatable bonds is 4. The fourth-order valence-electron chi connectivity index (χ4n) is 3.23. The average Bonchev–Trinajstić information content (AvgIpc) is 2.42. The smallest absolute Gasteiger partial charge is 0.744 e. The molecule has 0 unspecified atom stereocenters. The molecule has 5 heteroatoms. The van der Waals surface area contributed by atoms with Gasteiger partial charge in [-0.15, -0.1) is 0 Å². The SMILES string of the molecule is CC(C)c1cc(C(C)C)c2ccc(S(=O)(=O)[O-])cc2c1C(C)C.[Na+]. The van der Waals surface area contributed by atoms with E-state index in [2.05, 4.69) is 47.6 Å². The summed E-state index contributed by atoms with van der Waals surface area (Å²) in [6.45, 7) is 12.8. The molecular formula is C19H25NaO3S. The molecule has 0 amide bonds. The van der Waals surface area contributed by atoms with E-state index in [0.29, 0.717) is 11.8 Å². The van der Waals surface area contributed by atoms with Gasteiger partial charge in [-0.3, -0.25) is 0 Å². The molecular weight excluding hydrogens is 331 g/mol. The first-order chi connectivity index (χ1) is 10.5. The van der Waals surface area contributed by atoms with Gasteiger partial charge in [0.1, 0.15) is 10.1 Å². The predicted molar refractivity (Wildman–Crippen MR) is 94.2 cm³/mol. The molecule has 0 atom stereocenters. The minimum Gasteiger partial charge on any atom is -0.744 e. The summed E-state index contributed by atoms with van der Waals surface area (Å²) >= 11 is 0. The molecule has 2 aromatic carbocycles. The molecule has 0 aliphatic heterocycles. The van der Waals surface area contributed by atoms with Crippen LogP contribution in [0.2, 0.25) is 0 Å². The van der Waals surface area contributed by atoms with Crippen molar-refractivity contribution in [3.63, 3.8) is 0 Å². The Morgan fingerprint density at radius 1 is 0.792 bits per heavy atom. The summed E-state index contributed by atoms with van der Waals surface area (Å²) in [5.41, 5.74) is 3.57. The molecule has 0 bridgehead atoms. The van der Waals surface area contributed by atoms with Crippen LogP contribution in [0, 0.1) is 0 Å². The minimum atomic E-state index is -4.45. The second kappa shape index (κ2) is 7.88. The van der Waals surface area contributed by atoms with Gasteiger partial charge in [0.25, 0.3) is 0 Å². The molecule has 24 heavy (non-hydrogen) atoms. The number of fused-ring (bicyclic) bond motifs is 1. The van der Waals surface area contributed by atoms with Crippen LogP contribution in [0.4, 0.5) is 0 Å². The van der Waals surface area contributed by atoms with Crippen LogP contribution < -0.4 is 29.6 Å². The van der Waals surface area contributed by atoms with E-state index in [-0.39, 0.29) is 40.4 Å². The number of hydrogen-bond donors (Lipinski definition) is 0. The second-order valence-corrected chi connectivity index (χ2v) is 8.47. The molecule has 0 N–H and O–H groups in total. The van der Waals surface area contributed by atoms with Crippen molar-refractivity contribution in [2.75, 3.05) is 0 Å². The van der Waals surface area contributed by atoms with Crippen molar-refractivity contribution in [1.29, 1.82) is 0 Å². The van der Waals surface area contributed by atoms with Crippen LogP contribution in [0.15, 0.2) is 29.2 Å². The van der Waals surface area contributed by atoms with Crippen molar-refractivity contribution >= 4 is 20.9 Å². The van der Waals surface area contributed by atoms with Crippen LogP contribution in [0.3, 0.4) is 0 Å². The van der Waals surface area contributed by atoms with Gasteiger partial charge in [-0.1, -0.05) is 53.7 Å². The number of benzene rings is 2. The van der Waals surface area contributed by atoms with Crippen LogP contribution in [-0.4, -0.2) is 13.0 Å². The largest absolute Gasteiger partial charge is 1.00 e. The average molecular weight is 356 g/mol. The van der Waals surface area contributed by atoms with Crippen molar-refractivity contribution in [2.24, 2.45) is 0 Å². The normalized spacial score (nSPS) is 12.2. The minimum absolute atomic E-state index is 0. The first kappa shape index (κ1) is 21.7. The Hall–Kier alpha value is -0.390. The molecule has 0 aliphatic rings. The maximum absolute atomic E-state index is 11.4. The van der Waals surface area contributed by atoms with Crippen LogP contribution in [0.5, 0.6) is 0 Å². The first-order valence-corrected chi connectivity index (χ1v) is 9.51. The molecule has 0 radical (unpaired) electrons. The fraction of sp³-hybridized carbons (Fsp3) is 0.474. The summed E-state index contributed by atoms with van der Waals surface area (Å²) in [6, 6.07) is 7.02. The van der Waals surface area contributed by atoms with E-state index in [0.717, 1.165) is 16.3 Å². The van der Waals surface area contributed by atoms with Crippen molar-refractivity contribution < 1.29 is 42.5 Å². The Morgan fingerprint density at radius 3 is 1.75 bits per heavy atom. The topological polar surface area (TPSA) is 57.2 Å². The Balaban J connectivity index is 0.00000288. The van der Waals surface area contributed by atoms with Gasteiger partial charge in [-0.2, -0.15) is 0 Å². The van der Waals surface area contributed by atoms with Gasteiger partial charge in [-0.25, -0.2) is 8.42 Å². The van der Waals surface area contributed by atoms with E-state index in [1.807, 2.05) is 0 Å². The summed E-state index contributed by atoms with van der Waals surface area (Å²) < 4.78 is 34.3. The summed E-state index contributed by atoms with van der Waals surface area (Å²) in [5.74, 6) is 0.911. The third-order valence-electron chi connectivity index (χ3n) is 4.32. The molecule has 126 valence electrons. The van der Waals surface area contributed by atoms with Crippen LogP contribution in [0.25, 0.3) is 10.8 Å². The van der Waals surface area contributed by atoms with E-state index in [4.69, 9.17) is 0 Å². The first-order valence-electron chi connectivity index (χ1n) is 8.10. The van der Waals surface area contributed by atoms with Crippen LogP contribution >= 0.6 is 0 Å². The van der Waals surface area contributed by atoms with Gasteiger partial charge >= 0.3 is 29.6 Å². The Kier molecular flexibility index (Phi) is 7.11. The Bertz CT molecular complexity index is 837. The van der Waals surface area contributed by atoms with E-state index < -0.39 is 10.1 Å². The van der Waals surface area contributed by atoms with E-state index >= 15 is 0 Å². The third kappa shape index (κ3) is 4.23. The molecule has 0 aromatic heterocycles. The van der Waals surface area contributed by atoms with Gasteiger partial charge < -0.3 is 4.55 Å². The Morgan fingerprint density at radius 2 is 1.33 bits per heavy atom. The van der Waals surface area contributed by atoms with Gasteiger partial charge in [-0.05, 0) is 57.3 Å². The van der Waals surface area contributed by atoms with E-state index in [9.17, 15) is 13.0 Å². The summed E-state index contributed by atoms with van der Waals surface area (Å²) in [5, 5.41) is 1.94. The van der Waals surface area contributed by atoms with Crippen LogP contribution in [0.1, 0.15) is 76.0 Å². The summed E-state index contributed by atoms with van der Waals surface area (Å²) in [4.78, 5) is -0.150.